The van der Waals surface area contributed by atoms with E-state index >= 15 is 0 Å². The Morgan fingerprint density at radius 2 is 1.74 bits per heavy atom. The molecule has 0 aliphatic carbocycles. The van der Waals surface area contributed by atoms with Gasteiger partial charge >= 0.3 is 0 Å². The second-order valence-corrected chi connectivity index (χ2v) is 6.00. The fourth-order valence-electron chi connectivity index (χ4n) is 2.09. The van der Waals surface area contributed by atoms with Gasteiger partial charge in [-0.1, -0.05) is 38.1 Å². The zero-order chi connectivity index (χ0) is 13.9. The molecule has 19 heavy (non-hydrogen) atoms. The molecule has 0 saturated carbocycles. The zero-order valence-electron chi connectivity index (χ0n) is 12.4. The highest BCUT2D eigenvalue weighted by Crippen LogP contribution is 2.18. The van der Waals surface area contributed by atoms with Crippen molar-refractivity contribution in [1.82, 2.24) is 5.32 Å². The van der Waals surface area contributed by atoms with E-state index in [0.717, 1.165) is 6.54 Å². The monoisotopic (exact) mass is 263 g/mol. The van der Waals surface area contributed by atoms with E-state index in [1.54, 1.807) is 0 Å². The van der Waals surface area contributed by atoms with Crippen molar-refractivity contribution in [2.75, 3.05) is 13.2 Å². The Hall–Kier alpha value is -0.900. The zero-order valence-corrected chi connectivity index (χ0v) is 12.4. The number of hydrogen-bond donors (Lipinski definition) is 1. The third-order valence-corrected chi connectivity index (χ3v) is 3.51. The summed E-state index contributed by atoms with van der Waals surface area (Å²) in [5.41, 5.74) is 2.68. The highest BCUT2D eigenvalue weighted by Gasteiger charge is 2.27. The van der Waals surface area contributed by atoms with E-state index in [-0.39, 0.29) is 6.04 Å². The van der Waals surface area contributed by atoms with Crippen LogP contribution in [0.3, 0.4) is 0 Å². The molecule has 0 amide bonds. The number of nitrogens with one attached hydrogen (secondary N) is 1. The SMILES string of the molecule is CC(C)c1ccc(CNC2COC(C)(C)OC2)cc1. The summed E-state index contributed by atoms with van der Waals surface area (Å²) in [4.78, 5) is 0. The lowest BCUT2D eigenvalue weighted by molar-refractivity contribution is -0.253. The summed E-state index contributed by atoms with van der Waals surface area (Å²) in [6.45, 7) is 10.6. The highest BCUT2D eigenvalue weighted by molar-refractivity contribution is 5.24. The fourth-order valence-corrected chi connectivity index (χ4v) is 2.09. The number of ether oxygens (including phenoxy) is 2. The average molecular weight is 263 g/mol. The Bertz CT molecular complexity index is 388. The molecule has 3 heteroatoms. The van der Waals surface area contributed by atoms with Gasteiger partial charge in [-0.05, 0) is 30.9 Å². The van der Waals surface area contributed by atoms with E-state index in [9.17, 15) is 0 Å². The molecule has 1 aromatic rings. The van der Waals surface area contributed by atoms with Crippen LogP contribution in [0.4, 0.5) is 0 Å². The molecule has 1 aromatic carbocycles. The maximum atomic E-state index is 5.63. The molecule has 1 N–H and O–H groups in total. The minimum Gasteiger partial charge on any atom is -0.349 e. The van der Waals surface area contributed by atoms with Crippen LogP contribution in [0, 0.1) is 0 Å². The normalized spacial score (nSPS) is 19.8. The van der Waals surface area contributed by atoms with Gasteiger partial charge in [0.25, 0.3) is 0 Å². The quantitative estimate of drug-likeness (QED) is 0.905. The van der Waals surface area contributed by atoms with Crippen molar-refractivity contribution in [2.45, 2.75) is 52.0 Å². The van der Waals surface area contributed by atoms with Gasteiger partial charge in [0.15, 0.2) is 5.79 Å². The van der Waals surface area contributed by atoms with Crippen LogP contribution in [0.1, 0.15) is 44.7 Å². The second-order valence-electron chi connectivity index (χ2n) is 6.00. The van der Waals surface area contributed by atoms with Crippen LogP contribution < -0.4 is 5.32 Å². The van der Waals surface area contributed by atoms with Gasteiger partial charge in [0.1, 0.15) is 0 Å². The topological polar surface area (TPSA) is 30.5 Å². The van der Waals surface area contributed by atoms with Gasteiger partial charge in [0.2, 0.25) is 0 Å². The second kappa shape index (κ2) is 6.04. The van der Waals surface area contributed by atoms with E-state index in [1.165, 1.54) is 11.1 Å². The summed E-state index contributed by atoms with van der Waals surface area (Å²) in [5.74, 6) is 0.154. The van der Waals surface area contributed by atoms with Crippen LogP contribution in [0.25, 0.3) is 0 Å². The third-order valence-electron chi connectivity index (χ3n) is 3.51. The lowest BCUT2D eigenvalue weighted by atomic mass is 10.0. The Labute approximate surface area is 116 Å². The first-order valence-electron chi connectivity index (χ1n) is 7.06. The number of rotatable bonds is 4. The van der Waals surface area contributed by atoms with Crippen molar-refractivity contribution in [3.63, 3.8) is 0 Å². The van der Waals surface area contributed by atoms with Gasteiger partial charge in [-0.2, -0.15) is 0 Å². The summed E-state index contributed by atoms with van der Waals surface area (Å²) in [6.07, 6.45) is 0. The van der Waals surface area contributed by atoms with Gasteiger partial charge in [-0.15, -0.1) is 0 Å². The molecule has 1 heterocycles. The summed E-state index contributed by atoms with van der Waals surface area (Å²) >= 11 is 0. The van der Waals surface area contributed by atoms with Crippen molar-refractivity contribution in [2.24, 2.45) is 0 Å². The molecule has 106 valence electrons. The molecule has 0 aromatic heterocycles. The van der Waals surface area contributed by atoms with Gasteiger partial charge in [-0.3, -0.25) is 0 Å². The average Bonchev–Trinajstić information content (AvgIpc) is 2.38. The lowest BCUT2D eigenvalue weighted by Crippen LogP contribution is -2.48. The summed E-state index contributed by atoms with van der Waals surface area (Å²) < 4.78 is 11.3. The van der Waals surface area contributed by atoms with E-state index in [1.807, 2.05) is 13.8 Å². The Morgan fingerprint density at radius 1 is 1.16 bits per heavy atom. The molecule has 3 nitrogen and oxygen atoms in total. The highest BCUT2D eigenvalue weighted by atomic mass is 16.7. The van der Waals surface area contributed by atoms with Crippen LogP contribution >= 0.6 is 0 Å². The van der Waals surface area contributed by atoms with Gasteiger partial charge in [0.05, 0.1) is 19.3 Å². The van der Waals surface area contributed by atoms with Crippen LogP contribution in [-0.2, 0) is 16.0 Å². The summed E-state index contributed by atoms with van der Waals surface area (Å²) in [6, 6.07) is 9.07. The predicted octanol–water partition coefficient (Wildman–Crippen LogP) is 3.05. The molecular formula is C16H25NO2. The summed E-state index contributed by atoms with van der Waals surface area (Å²) in [5, 5.41) is 3.47. The van der Waals surface area contributed by atoms with Gasteiger partial charge < -0.3 is 14.8 Å². The molecule has 1 aliphatic heterocycles. The van der Waals surface area contributed by atoms with Crippen LogP contribution in [0.5, 0.6) is 0 Å². The maximum absolute atomic E-state index is 5.63. The molecule has 0 atom stereocenters. The minimum atomic E-state index is -0.433. The molecule has 1 saturated heterocycles. The van der Waals surface area contributed by atoms with Crippen molar-refractivity contribution in [1.29, 1.82) is 0 Å². The van der Waals surface area contributed by atoms with Crippen LogP contribution in [0.15, 0.2) is 24.3 Å². The van der Waals surface area contributed by atoms with Gasteiger partial charge in [0, 0.05) is 6.54 Å². The molecule has 0 radical (unpaired) electrons. The van der Waals surface area contributed by atoms with Crippen LogP contribution in [-0.4, -0.2) is 25.0 Å². The first-order chi connectivity index (χ1) is 8.96. The Morgan fingerprint density at radius 3 is 2.26 bits per heavy atom. The smallest absolute Gasteiger partial charge is 0.162 e. The van der Waals surface area contributed by atoms with Crippen molar-refractivity contribution in [3.8, 4) is 0 Å². The van der Waals surface area contributed by atoms with E-state index in [0.29, 0.717) is 19.1 Å². The molecule has 0 spiro atoms. The van der Waals surface area contributed by atoms with E-state index in [4.69, 9.17) is 9.47 Å². The van der Waals surface area contributed by atoms with E-state index < -0.39 is 5.79 Å². The first-order valence-corrected chi connectivity index (χ1v) is 7.06. The van der Waals surface area contributed by atoms with Crippen LogP contribution in [0.2, 0.25) is 0 Å². The molecule has 1 aliphatic rings. The lowest BCUT2D eigenvalue weighted by Gasteiger charge is -2.35. The maximum Gasteiger partial charge on any atom is 0.162 e. The Balaban J connectivity index is 1.79. The van der Waals surface area contributed by atoms with Crippen molar-refractivity contribution < 1.29 is 9.47 Å². The molecule has 2 rings (SSSR count). The number of hydrogen-bond acceptors (Lipinski definition) is 3. The predicted molar refractivity (Wildman–Crippen MR) is 77.1 cm³/mol. The number of benzene rings is 1. The molecular weight excluding hydrogens is 238 g/mol. The third kappa shape index (κ3) is 4.30. The molecule has 0 unspecified atom stereocenters. The standard InChI is InChI=1S/C16H25NO2/c1-12(2)14-7-5-13(6-8-14)9-17-15-10-18-16(3,4)19-11-15/h5-8,12,15,17H,9-11H2,1-4H3. The molecule has 0 bridgehead atoms. The van der Waals surface area contributed by atoms with Crippen molar-refractivity contribution >= 4 is 0 Å². The minimum absolute atomic E-state index is 0.276. The fraction of sp³-hybridized carbons (Fsp3) is 0.625. The largest absolute Gasteiger partial charge is 0.349 e. The summed E-state index contributed by atoms with van der Waals surface area (Å²) in [7, 11) is 0. The molecule has 1 fully saturated rings. The van der Waals surface area contributed by atoms with Gasteiger partial charge in [-0.25, -0.2) is 0 Å². The van der Waals surface area contributed by atoms with E-state index in [2.05, 4.69) is 43.4 Å². The Kier molecular flexibility index (Phi) is 4.61. The first kappa shape index (κ1) is 14.5. The van der Waals surface area contributed by atoms with Crippen molar-refractivity contribution in [3.05, 3.63) is 35.4 Å².